The van der Waals surface area contributed by atoms with Crippen LogP contribution in [-0.4, -0.2) is 25.5 Å². The molecular weight excluding hydrogens is 298 g/mol. The molecule has 0 aliphatic heterocycles. The highest BCUT2D eigenvalue weighted by molar-refractivity contribution is 7.19. The van der Waals surface area contributed by atoms with Gasteiger partial charge in [-0.05, 0) is 26.0 Å². The van der Waals surface area contributed by atoms with Crippen LogP contribution in [0.2, 0.25) is 5.15 Å². The number of carbonyl (C=O) groups is 1. The molecule has 3 heterocycles. The van der Waals surface area contributed by atoms with Crippen LogP contribution < -0.4 is 5.32 Å². The van der Waals surface area contributed by atoms with Crippen molar-refractivity contribution in [3.63, 3.8) is 0 Å². The molecule has 0 aromatic carbocycles. The summed E-state index contributed by atoms with van der Waals surface area (Å²) >= 11 is 7.22. The molecule has 0 fully saturated rings. The summed E-state index contributed by atoms with van der Waals surface area (Å²) in [6.07, 6.45) is 1.57. The number of pyridine rings is 1. The Bertz CT molecular complexity index is 809. The standard InChI is InChI=1S/C12H10ClN5OS/c1-6-9(20-12-17-16-7(2)18(6)12)11(19)15-8-4-3-5-14-10(8)13/h3-5H,1-2H3,(H,15,19). The zero-order chi connectivity index (χ0) is 14.3. The Labute approximate surface area is 123 Å². The molecule has 8 heteroatoms. The third-order valence-electron chi connectivity index (χ3n) is 2.87. The van der Waals surface area contributed by atoms with Gasteiger partial charge in [0.05, 0.1) is 5.69 Å². The maximum atomic E-state index is 12.3. The number of aromatic nitrogens is 4. The monoisotopic (exact) mass is 307 g/mol. The van der Waals surface area contributed by atoms with E-state index in [9.17, 15) is 4.79 Å². The molecule has 0 saturated heterocycles. The number of halogens is 1. The second-order valence-electron chi connectivity index (χ2n) is 4.18. The maximum absolute atomic E-state index is 12.3. The fourth-order valence-corrected chi connectivity index (χ4v) is 3.10. The average molecular weight is 308 g/mol. The predicted molar refractivity (Wildman–Crippen MR) is 77.5 cm³/mol. The molecule has 1 N–H and O–H groups in total. The lowest BCUT2D eigenvalue weighted by atomic mass is 10.3. The van der Waals surface area contributed by atoms with Gasteiger partial charge in [-0.3, -0.25) is 9.20 Å². The van der Waals surface area contributed by atoms with Crippen molar-refractivity contribution in [1.82, 2.24) is 19.6 Å². The van der Waals surface area contributed by atoms with Crippen LogP contribution in [0, 0.1) is 13.8 Å². The summed E-state index contributed by atoms with van der Waals surface area (Å²) in [5.74, 6) is 0.527. The van der Waals surface area contributed by atoms with Crippen molar-refractivity contribution in [1.29, 1.82) is 0 Å². The number of fused-ring (bicyclic) bond motifs is 1. The number of nitrogens with zero attached hydrogens (tertiary/aromatic N) is 4. The van der Waals surface area contributed by atoms with Crippen molar-refractivity contribution < 1.29 is 4.79 Å². The van der Waals surface area contributed by atoms with Crippen molar-refractivity contribution in [2.75, 3.05) is 5.32 Å². The first-order valence-corrected chi connectivity index (χ1v) is 7.00. The first kappa shape index (κ1) is 13.0. The lowest BCUT2D eigenvalue weighted by Gasteiger charge is -2.05. The third-order valence-corrected chi connectivity index (χ3v) is 4.30. The van der Waals surface area contributed by atoms with E-state index >= 15 is 0 Å². The van der Waals surface area contributed by atoms with Crippen LogP contribution in [0.3, 0.4) is 0 Å². The Morgan fingerprint density at radius 1 is 1.40 bits per heavy atom. The van der Waals surface area contributed by atoms with E-state index in [2.05, 4.69) is 20.5 Å². The molecular formula is C12H10ClN5OS. The number of aryl methyl sites for hydroxylation is 2. The van der Waals surface area contributed by atoms with Gasteiger partial charge in [0.1, 0.15) is 10.7 Å². The minimum absolute atomic E-state index is 0.229. The molecule has 3 aromatic rings. The van der Waals surface area contributed by atoms with Crippen LogP contribution in [0.4, 0.5) is 5.69 Å². The van der Waals surface area contributed by atoms with Crippen LogP contribution in [0.15, 0.2) is 18.3 Å². The molecule has 6 nitrogen and oxygen atoms in total. The quantitative estimate of drug-likeness (QED) is 0.739. The molecule has 0 saturated carbocycles. The zero-order valence-electron chi connectivity index (χ0n) is 10.7. The van der Waals surface area contributed by atoms with Gasteiger partial charge in [0.15, 0.2) is 5.15 Å². The van der Waals surface area contributed by atoms with Crippen molar-refractivity contribution in [2.45, 2.75) is 13.8 Å². The van der Waals surface area contributed by atoms with Crippen LogP contribution in [0.5, 0.6) is 0 Å². The number of rotatable bonds is 2. The summed E-state index contributed by atoms with van der Waals surface area (Å²) in [5.41, 5.74) is 1.30. The number of hydrogen-bond acceptors (Lipinski definition) is 5. The summed E-state index contributed by atoms with van der Waals surface area (Å²) in [7, 11) is 0. The molecule has 0 radical (unpaired) electrons. The maximum Gasteiger partial charge on any atom is 0.267 e. The van der Waals surface area contributed by atoms with Crippen LogP contribution in [0.25, 0.3) is 4.96 Å². The largest absolute Gasteiger partial charge is 0.319 e. The molecule has 0 unspecified atom stereocenters. The molecule has 1 amide bonds. The second-order valence-corrected chi connectivity index (χ2v) is 5.51. The smallest absolute Gasteiger partial charge is 0.267 e. The van der Waals surface area contributed by atoms with E-state index < -0.39 is 0 Å². The van der Waals surface area contributed by atoms with E-state index in [1.54, 1.807) is 18.3 Å². The number of carbonyl (C=O) groups excluding carboxylic acids is 1. The van der Waals surface area contributed by atoms with Gasteiger partial charge in [0.2, 0.25) is 4.96 Å². The highest BCUT2D eigenvalue weighted by Crippen LogP contribution is 2.25. The summed E-state index contributed by atoms with van der Waals surface area (Å²) < 4.78 is 1.85. The van der Waals surface area contributed by atoms with E-state index in [1.165, 1.54) is 11.3 Å². The lowest BCUT2D eigenvalue weighted by Crippen LogP contribution is -2.12. The van der Waals surface area contributed by atoms with Gasteiger partial charge in [-0.15, -0.1) is 10.2 Å². The molecule has 102 valence electrons. The van der Waals surface area contributed by atoms with Crippen molar-refractivity contribution >= 4 is 39.5 Å². The van der Waals surface area contributed by atoms with E-state index in [1.807, 2.05) is 18.2 Å². The highest BCUT2D eigenvalue weighted by Gasteiger charge is 2.19. The van der Waals surface area contributed by atoms with Gasteiger partial charge >= 0.3 is 0 Å². The van der Waals surface area contributed by atoms with Crippen LogP contribution >= 0.6 is 22.9 Å². The van der Waals surface area contributed by atoms with Gasteiger partial charge in [-0.2, -0.15) is 0 Å². The first-order chi connectivity index (χ1) is 9.58. The number of hydrogen-bond donors (Lipinski definition) is 1. The van der Waals surface area contributed by atoms with E-state index in [-0.39, 0.29) is 11.1 Å². The summed E-state index contributed by atoms with van der Waals surface area (Å²) in [5, 5.41) is 11.0. The molecule has 3 aromatic heterocycles. The highest BCUT2D eigenvalue weighted by atomic mass is 35.5. The topological polar surface area (TPSA) is 72.2 Å². The number of amides is 1. The normalized spacial score (nSPS) is 10.9. The predicted octanol–water partition coefficient (Wildman–Crippen LogP) is 2.71. The van der Waals surface area contributed by atoms with Gasteiger partial charge in [0, 0.05) is 11.9 Å². The van der Waals surface area contributed by atoms with Crippen molar-refractivity contribution in [3.05, 3.63) is 39.9 Å². The SMILES string of the molecule is Cc1nnc2sc(C(=O)Nc3cccnc3Cl)c(C)n12. The lowest BCUT2D eigenvalue weighted by molar-refractivity contribution is 0.102. The Balaban J connectivity index is 1.97. The molecule has 0 bridgehead atoms. The zero-order valence-corrected chi connectivity index (χ0v) is 12.3. The molecule has 0 aliphatic rings. The molecule has 0 spiro atoms. The Hall–Kier alpha value is -1.99. The van der Waals surface area contributed by atoms with E-state index in [0.29, 0.717) is 15.5 Å². The minimum atomic E-state index is -0.229. The third kappa shape index (κ3) is 2.04. The molecule has 0 atom stereocenters. The average Bonchev–Trinajstić information content (AvgIpc) is 2.94. The van der Waals surface area contributed by atoms with E-state index in [0.717, 1.165) is 11.5 Å². The fourth-order valence-electron chi connectivity index (χ4n) is 1.93. The minimum Gasteiger partial charge on any atom is -0.319 e. The second kappa shape index (κ2) is 4.84. The van der Waals surface area contributed by atoms with E-state index in [4.69, 9.17) is 11.6 Å². The van der Waals surface area contributed by atoms with Crippen molar-refractivity contribution in [3.8, 4) is 0 Å². The van der Waals surface area contributed by atoms with Crippen LogP contribution in [-0.2, 0) is 0 Å². The molecule has 0 aliphatic carbocycles. The van der Waals surface area contributed by atoms with Crippen LogP contribution in [0.1, 0.15) is 21.2 Å². The summed E-state index contributed by atoms with van der Waals surface area (Å²) in [4.78, 5) is 17.5. The molecule has 20 heavy (non-hydrogen) atoms. The number of thiazole rings is 1. The molecule has 3 rings (SSSR count). The fraction of sp³-hybridized carbons (Fsp3) is 0.167. The van der Waals surface area contributed by atoms with Gasteiger partial charge in [-0.1, -0.05) is 22.9 Å². The summed E-state index contributed by atoms with van der Waals surface area (Å²) in [6.45, 7) is 3.71. The van der Waals surface area contributed by atoms with Gasteiger partial charge < -0.3 is 5.32 Å². The van der Waals surface area contributed by atoms with Crippen molar-refractivity contribution in [2.24, 2.45) is 0 Å². The number of anilines is 1. The summed E-state index contributed by atoms with van der Waals surface area (Å²) in [6, 6.07) is 3.41. The van der Waals surface area contributed by atoms with Gasteiger partial charge in [0.25, 0.3) is 5.91 Å². The Morgan fingerprint density at radius 2 is 2.20 bits per heavy atom. The Morgan fingerprint density at radius 3 is 2.90 bits per heavy atom. The van der Waals surface area contributed by atoms with Gasteiger partial charge in [-0.25, -0.2) is 4.98 Å². The first-order valence-electron chi connectivity index (χ1n) is 5.81. The Kier molecular flexibility index (Phi) is 3.15. The number of nitrogens with one attached hydrogen (secondary N) is 1.